The van der Waals surface area contributed by atoms with Crippen molar-refractivity contribution in [1.82, 2.24) is 4.90 Å². The van der Waals surface area contributed by atoms with Crippen LogP contribution in [0.1, 0.15) is 24.2 Å². The molecule has 110 valence electrons. The van der Waals surface area contributed by atoms with Gasteiger partial charge < -0.3 is 14.7 Å². The van der Waals surface area contributed by atoms with Crippen molar-refractivity contribution in [1.29, 1.82) is 0 Å². The molecule has 1 N–H and O–H groups in total. The van der Waals surface area contributed by atoms with Crippen LogP contribution < -0.4 is 4.74 Å². The summed E-state index contributed by atoms with van der Waals surface area (Å²) in [6.07, 6.45) is 0. The molecule has 0 heterocycles. The Labute approximate surface area is 116 Å². The molecule has 0 aliphatic carbocycles. The maximum absolute atomic E-state index is 12.5. The van der Waals surface area contributed by atoms with Crippen molar-refractivity contribution in [3.8, 4) is 5.75 Å². The first-order chi connectivity index (χ1) is 9.26. The van der Waals surface area contributed by atoms with Crippen molar-refractivity contribution in [3.05, 3.63) is 33.9 Å². The molecule has 1 amide bonds. The van der Waals surface area contributed by atoms with E-state index in [2.05, 4.69) is 0 Å². The van der Waals surface area contributed by atoms with Crippen molar-refractivity contribution < 1.29 is 19.6 Å². The minimum Gasteiger partial charge on any atom is -0.496 e. The first kappa shape index (κ1) is 15.9. The number of rotatable bonds is 5. The van der Waals surface area contributed by atoms with Gasteiger partial charge in [0.05, 0.1) is 24.2 Å². The monoisotopic (exact) mass is 282 g/mol. The highest BCUT2D eigenvalue weighted by atomic mass is 16.6. The van der Waals surface area contributed by atoms with Crippen LogP contribution in [0.4, 0.5) is 5.69 Å². The van der Waals surface area contributed by atoms with E-state index in [1.807, 2.05) is 0 Å². The summed E-state index contributed by atoms with van der Waals surface area (Å²) >= 11 is 0. The Bertz CT molecular complexity index is 527. The summed E-state index contributed by atoms with van der Waals surface area (Å²) < 4.78 is 5.04. The van der Waals surface area contributed by atoms with Crippen LogP contribution in [0, 0.1) is 10.1 Å². The Balaban J connectivity index is 3.38. The highest BCUT2D eigenvalue weighted by Crippen LogP contribution is 2.30. The number of carbonyl (C=O) groups excluding carboxylic acids is 1. The molecule has 1 aromatic rings. The minimum atomic E-state index is -0.841. The maximum atomic E-state index is 12.5. The number of nitro benzene ring substituents is 1. The smallest absolute Gasteiger partial charge is 0.285 e. The van der Waals surface area contributed by atoms with Gasteiger partial charge in [-0.3, -0.25) is 14.9 Å². The predicted molar refractivity (Wildman–Crippen MR) is 72.9 cm³/mol. The molecule has 0 spiro atoms. The summed E-state index contributed by atoms with van der Waals surface area (Å²) in [6, 6.07) is 4.18. The summed E-state index contributed by atoms with van der Waals surface area (Å²) in [7, 11) is 2.82. The van der Waals surface area contributed by atoms with Crippen LogP contribution in [0.2, 0.25) is 0 Å². The third-order valence-corrected chi connectivity index (χ3v) is 3.23. The molecular formula is C13H18N2O5. The standard InChI is InChI=1S/C13H18N2O5/c1-13(2,8-16)14(3)12(17)11-9(15(18)19)6-5-7-10(11)20-4/h5-7,16H,8H2,1-4H3. The van der Waals surface area contributed by atoms with Crippen LogP contribution >= 0.6 is 0 Å². The fraction of sp³-hybridized carbons (Fsp3) is 0.462. The van der Waals surface area contributed by atoms with Crippen LogP contribution in [-0.2, 0) is 0 Å². The minimum absolute atomic E-state index is 0.121. The first-order valence-corrected chi connectivity index (χ1v) is 5.96. The lowest BCUT2D eigenvalue weighted by molar-refractivity contribution is -0.385. The van der Waals surface area contributed by atoms with E-state index < -0.39 is 16.4 Å². The van der Waals surface area contributed by atoms with E-state index in [4.69, 9.17) is 4.74 Å². The zero-order chi connectivity index (χ0) is 15.5. The topological polar surface area (TPSA) is 92.9 Å². The molecule has 0 atom stereocenters. The number of ether oxygens (including phenoxy) is 1. The second-order valence-corrected chi connectivity index (χ2v) is 4.95. The predicted octanol–water partition coefficient (Wildman–Crippen LogP) is 1.45. The van der Waals surface area contributed by atoms with E-state index in [0.29, 0.717) is 0 Å². The molecule has 0 bridgehead atoms. The molecule has 1 aromatic carbocycles. The van der Waals surface area contributed by atoms with E-state index >= 15 is 0 Å². The lowest BCUT2D eigenvalue weighted by Crippen LogP contribution is -2.47. The number of aliphatic hydroxyl groups excluding tert-OH is 1. The van der Waals surface area contributed by atoms with Crippen LogP contribution in [0.25, 0.3) is 0 Å². The van der Waals surface area contributed by atoms with Gasteiger partial charge in [-0.1, -0.05) is 6.07 Å². The molecule has 0 aromatic heterocycles. The van der Waals surface area contributed by atoms with Gasteiger partial charge in [-0.05, 0) is 19.9 Å². The summed E-state index contributed by atoms with van der Waals surface area (Å²) in [5.74, 6) is -0.446. The number of benzene rings is 1. The molecule has 0 saturated heterocycles. The van der Waals surface area contributed by atoms with Gasteiger partial charge >= 0.3 is 0 Å². The third kappa shape index (κ3) is 2.88. The molecule has 0 saturated carbocycles. The zero-order valence-corrected chi connectivity index (χ0v) is 11.9. The number of amides is 1. The number of nitrogens with zero attached hydrogens (tertiary/aromatic N) is 2. The second kappa shape index (κ2) is 5.87. The van der Waals surface area contributed by atoms with Crippen molar-refractivity contribution in [2.24, 2.45) is 0 Å². The third-order valence-electron chi connectivity index (χ3n) is 3.23. The fourth-order valence-corrected chi connectivity index (χ4v) is 1.61. The van der Waals surface area contributed by atoms with Crippen molar-refractivity contribution in [3.63, 3.8) is 0 Å². The fourth-order valence-electron chi connectivity index (χ4n) is 1.61. The highest BCUT2D eigenvalue weighted by molar-refractivity contribution is 6.01. The highest BCUT2D eigenvalue weighted by Gasteiger charge is 2.33. The number of aliphatic hydroxyl groups is 1. The SMILES string of the molecule is COc1cccc([N+](=O)[O-])c1C(=O)N(C)C(C)(C)CO. The van der Waals surface area contributed by atoms with E-state index in [0.717, 1.165) is 0 Å². The summed E-state index contributed by atoms with van der Waals surface area (Å²) in [5, 5.41) is 20.4. The average Bonchev–Trinajstić information content (AvgIpc) is 2.44. The van der Waals surface area contributed by atoms with Crippen molar-refractivity contribution >= 4 is 11.6 Å². The molecule has 0 aliphatic heterocycles. The Morgan fingerprint density at radius 2 is 2.10 bits per heavy atom. The van der Waals surface area contributed by atoms with Crippen molar-refractivity contribution in [2.75, 3.05) is 20.8 Å². The molecule has 0 radical (unpaired) electrons. The summed E-state index contributed by atoms with van der Waals surface area (Å²) in [4.78, 5) is 24.2. The Morgan fingerprint density at radius 1 is 1.50 bits per heavy atom. The van der Waals surface area contributed by atoms with E-state index in [1.165, 1.54) is 37.3 Å². The number of carbonyl (C=O) groups is 1. The lowest BCUT2D eigenvalue weighted by Gasteiger charge is -2.34. The van der Waals surface area contributed by atoms with Crippen LogP contribution in [0.5, 0.6) is 5.75 Å². The molecule has 1 rings (SSSR count). The average molecular weight is 282 g/mol. The van der Waals surface area contributed by atoms with Crippen LogP contribution in [0.15, 0.2) is 18.2 Å². The summed E-state index contributed by atoms with van der Waals surface area (Å²) in [6.45, 7) is 3.05. The second-order valence-electron chi connectivity index (χ2n) is 4.95. The Morgan fingerprint density at radius 3 is 2.55 bits per heavy atom. The molecule has 0 aliphatic rings. The van der Waals surface area contributed by atoms with E-state index in [-0.39, 0.29) is 23.6 Å². The zero-order valence-electron chi connectivity index (χ0n) is 11.9. The van der Waals surface area contributed by atoms with E-state index in [9.17, 15) is 20.0 Å². The number of likely N-dealkylation sites (N-methyl/N-ethyl adjacent to an activating group) is 1. The number of hydrogen-bond acceptors (Lipinski definition) is 5. The number of nitro groups is 1. The Hall–Kier alpha value is -2.15. The van der Waals surface area contributed by atoms with Crippen LogP contribution in [-0.4, -0.2) is 47.1 Å². The molecule has 0 unspecified atom stereocenters. The maximum Gasteiger partial charge on any atom is 0.285 e. The van der Waals surface area contributed by atoms with Gasteiger partial charge in [0, 0.05) is 13.1 Å². The van der Waals surface area contributed by atoms with Gasteiger partial charge in [0.15, 0.2) is 5.56 Å². The summed E-state index contributed by atoms with van der Waals surface area (Å²) in [5.41, 5.74) is -1.29. The number of methoxy groups -OCH3 is 1. The van der Waals surface area contributed by atoms with Gasteiger partial charge in [0.1, 0.15) is 5.75 Å². The van der Waals surface area contributed by atoms with Gasteiger partial charge in [0.2, 0.25) is 0 Å². The Kier molecular flexibility index (Phi) is 4.67. The van der Waals surface area contributed by atoms with Gasteiger partial charge in [-0.25, -0.2) is 0 Å². The van der Waals surface area contributed by atoms with E-state index in [1.54, 1.807) is 13.8 Å². The first-order valence-electron chi connectivity index (χ1n) is 5.96. The molecule has 20 heavy (non-hydrogen) atoms. The number of hydrogen-bond donors (Lipinski definition) is 1. The van der Waals surface area contributed by atoms with Crippen molar-refractivity contribution in [2.45, 2.75) is 19.4 Å². The molecule has 7 nitrogen and oxygen atoms in total. The molecule has 7 heteroatoms. The lowest BCUT2D eigenvalue weighted by atomic mass is 10.0. The molecule has 0 fully saturated rings. The normalized spacial score (nSPS) is 11.1. The van der Waals surface area contributed by atoms with Gasteiger partial charge in [0.25, 0.3) is 11.6 Å². The largest absolute Gasteiger partial charge is 0.496 e. The van der Waals surface area contributed by atoms with Gasteiger partial charge in [-0.2, -0.15) is 0 Å². The van der Waals surface area contributed by atoms with Gasteiger partial charge in [-0.15, -0.1) is 0 Å². The van der Waals surface area contributed by atoms with Crippen LogP contribution in [0.3, 0.4) is 0 Å². The quantitative estimate of drug-likeness (QED) is 0.651. The molecular weight excluding hydrogens is 264 g/mol.